The lowest BCUT2D eigenvalue weighted by atomic mass is 10.2. The van der Waals surface area contributed by atoms with Crippen LogP contribution < -0.4 is 4.72 Å². The fraction of sp³-hybridized carbons (Fsp3) is 0.385. The lowest BCUT2D eigenvalue weighted by Gasteiger charge is -2.14. The van der Waals surface area contributed by atoms with Crippen LogP contribution in [0.4, 0.5) is 4.39 Å². The van der Waals surface area contributed by atoms with Crippen LogP contribution in [0.25, 0.3) is 0 Å². The van der Waals surface area contributed by atoms with Crippen LogP contribution in [-0.4, -0.2) is 38.6 Å². The highest BCUT2D eigenvalue weighted by Gasteiger charge is 2.26. The number of benzene rings is 1. The van der Waals surface area contributed by atoms with Gasteiger partial charge in [-0.2, -0.15) is 4.72 Å². The van der Waals surface area contributed by atoms with Crippen LogP contribution in [0, 0.1) is 5.82 Å². The molecule has 0 amide bonds. The fourth-order valence-corrected chi connectivity index (χ4v) is 2.95. The average molecular weight is 333 g/mol. The Morgan fingerprint density at radius 2 is 2.05 bits per heavy atom. The smallest absolute Gasteiger partial charge is 0.340 e. The summed E-state index contributed by atoms with van der Waals surface area (Å²) in [4.78, 5) is 21.8. The quantitative estimate of drug-likeness (QED) is 0.724. The molecule has 1 unspecified atom stereocenters. The van der Waals surface area contributed by atoms with Crippen LogP contribution in [0.3, 0.4) is 0 Å². The summed E-state index contributed by atoms with van der Waals surface area (Å²) in [5, 5.41) is 8.96. The lowest BCUT2D eigenvalue weighted by molar-refractivity contribution is -0.139. The number of methoxy groups -OCH3 is 1. The first kappa shape index (κ1) is 18.1. The second kappa shape index (κ2) is 7.32. The molecule has 0 aliphatic carbocycles. The highest BCUT2D eigenvalue weighted by atomic mass is 32.2. The SMILES string of the molecule is CCCC(NS(=O)(=O)c1ccc(C(=O)OC)c(F)c1)C(=O)O. The summed E-state index contributed by atoms with van der Waals surface area (Å²) >= 11 is 0. The second-order valence-corrected chi connectivity index (χ2v) is 6.15. The summed E-state index contributed by atoms with van der Waals surface area (Å²) in [6.45, 7) is 1.70. The first-order valence-corrected chi connectivity index (χ1v) is 7.84. The van der Waals surface area contributed by atoms with Gasteiger partial charge < -0.3 is 9.84 Å². The predicted molar refractivity (Wildman–Crippen MR) is 74.4 cm³/mol. The maximum atomic E-state index is 13.8. The fourth-order valence-electron chi connectivity index (χ4n) is 1.72. The molecule has 1 aromatic carbocycles. The van der Waals surface area contributed by atoms with Crippen molar-refractivity contribution < 1.29 is 32.2 Å². The average Bonchev–Trinajstić information content (AvgIpc) is 2.45. The van der Waals surface area contributed by atoms with Crippen molar-refractivity contribution in [2.24, 2.45) is 0 Å². The molecule has 0 fully saturated rings. The Kier molecular flexibility index (Phi) is 6.01. The topological polar surface area (TPSA) is 110 Å². The summed E-state index contributed by atoms with van der Waals surface area (Å²) in [6.07, 6.45) is 0.548. The van der Waals surface area contributed by atoms with Gasteiger partial charge in [-0.25, -0.2) is 17.6 Å². The number of carbonyl (C=O) groups excluding carboxylic acids is 1. The summed E-state index contributed by atoms with van der Waals surface area (Å²) in [7, 11) is -3.16. The molecule has 1 rings (SSSR count). The Labute approximate surface area is 127 Å². The molecule has 0 radical (unpaired) electrons. The molecule has 22 heavy (non-hydrogen) atoms. The van der Waals surface area contributed by atoms with E-state index < -0.39 is 44.3 Å². The molecule has 7 nitrogen and oxygen atoms in total. The minimum atomic E-state index is -4.22. The van der Waals surface area contributed by atoms with Crippen molar-refractivity contribution in [3.8, 4) is 0 Å². The number of halogens is 1. The molecular formula is C13H16FNO6S. The van der Waals surface area contributed by atoms with E-state index in [-0.39, 0.29) is 6.42 Å². The van der Waals surface area contributed by atoms with Gasteiger partial charge in [0.1, 0.15) is 11.9 Å². The van der Waals surface area contributed by atoms with Crippen LogP contribution in [-0.2, 0) is 19.6 Å². The summed E-state index contributed by atoms with van der Waals surface area (Å²) in [6, 6.07) is 1.30. The first-order chi connectivity index (χ1) is 10.2. The van der Waals surface area contributed by atoms with E-state index in [9.17, 15) is 22.4 Å². The van der Waals surface area contributed by atoms with Crippen LogP contribution >= 0.6 is 0 Å². The minimum absolute atomic E-state index is 0.0945. The molecule has 0 spiro atoms. The van der Waals surface area contributed by atoms with Crippen molar-refractivity contribution in [2.75, 3.05) is 7.11 Å². The Balaban J connectivity index is 3.10. The second-order valence-electron chi connectivity index (χ2n) is 4.43. The number of aliphatic carboxylic acids is 1. The van der Waals surface area contributed by atoms with E-state index in [2.05, 4.69) is 4.74 Å². The van der Waals surface area contributed by atoms with Crippen molar-refractivity contribution in [1.29, 1.82) is 0 Å². The summed E-state index contributed by atoms with van der Waals surface area (Å²) in [5.41, 5.74) is -0.412. The largest absolute Gasteiger partial charge is 0.480 e. The van der Waals surface area contributed by atoms with Gasteiger partial charge in [-0.15, -0.1) is 0 Å². The van der Waals surface area contributed by atoms with Gasteiger partial charge in [0.15, 0.2) is 0 Å². The standard InChI is InChI=1S/C13H16FNO6S/c1-3-4-11(12(16)17)15-22(19,20)8-5-6-9(10(14)7-8)13(18)21-2/h5-7,11,15H,3-4H2,1-2H3,(H,16,17). The van der Waals surface area contributed by atoms with Gasteiger partial charge in [-0.3, -0.25) is 4.79 Å². The number of hydrogen-bond acceptors (Lipinski definition) is 5. The Morgan fingerprint density at radius 1 is 1.41 bits per heavy atom. The van der Waals surface area contributed by atoms with E-state index >= 15 is 0 Å². The van der Waals surface area contributed by atoms with Crippen LogP contribution in [0.2, 0.25) is 0 Å². The zero-order valence-corrected chi connectivity index (χ0v) is 12.8. The maximum absolute atomic E-state index is 13.8. The number of esters is 1. The van der Waals surface area contributed by atoms with Gasteiger partial charge in [0.05, 0.1) is 17.6 Å². The molecule has 0 aliphatic rings. The zero-order chi connectivity index (χ0) is 16.9. The molecule has 1 aromatic rings. The highest BCUT2D eigenvalue weighted by molar-refractivity contribution is 7.89. The predicted octanol–water partition coefficient (Wildman–Crippen LogP) is 1.14. The maximum Gasteiger partial charge on any atom is 0.340 e. The first-order valence-electron chi connectivity index (χ1n) is 6.36. The zero-order valence-electron chi connectivity index (χ0n) is 12.0. The van der Waals surface area contributed by atoms with Gasteiger partial charge in [-0.05, 0) is 24.6 Å². The van der Waals surface area contributed by atoms with E-state index in [1.54, 1.807) is 6.92 Å². The van der Waals surface area contributed by atoms with Crippen molar-refractivity contribution in [1.82, 2.24) is 4.72 Å². The van der Waals surface area contributed by atoms with Crippen LogP contribution in [0.1, 0.15) is 30.1 Å². The number of sulfonamides is 1. The van der Waals surface area contributed by atoms with E-state index in [0.717, 1.165) is 19.2 Å². The molecule has 0 heterocycles. The number of carbonyl (C=O) groups is 2. The molecule has 0 saturated carbocycles. The van der Waals surface area contributed by atoms with E-state index in [1.807, 2.05) is 4.72 Å². The van der Waals surface area contributed by atoms with E-state index in [4.69, 9.17) is 5.11 Å². The van der Waals surface area contributed by atoms with Crippen LogP contribution in [0.5, 0.6) is 0 Å². The molecule has 0 saturated heterocycles. The van der Waals surface area contributed by atoms with E-state index in [1.165, 1.54) is 0 Å². The molecule has 2 N–H and O–H groups in total. The molecule has 0 aromatic heterocycles. The lowest BCUT2D eigenvalue weighted by Crippen LogP contribution is -2.40. The monoisotopic (exact) mass is 333 g/mol. The third-order valence-electron chi connectivity index (χ3n) is 2.83. The summed E-state index contributed by atoms with van der Waals surface area (Å²) in [5.74, 6) is -3.34. The van der Waals surface area contributed by atoms with Gasteiger partial charge in [0.2, 0.25) is 10.0 Å². The van der Waals surface area contributed by atoms with Crippen molar-refractivity contribution in [3.63, 3.8) is 0 Å². The molecular weight excluding hydrogens is 317 g/mol. The number of nitrogens with one attached hydrogen (secondary N) is 1. The number of rotatable bonds is 7. The minimum Gasteiger partial charge on any atom is -0.480 e. The van der Waals surface area contributed by atoms with Gasteiger partial charge in [0.25, 0.3) is 0 Å². The van der Waals surface area contributed by atoms with Crippen molar-refractivity contribution in [2.45, 2.75) is 30.7 Å². The molecule has 1 atom stereocenters. The molecule has 122 valence electrons. The third kappa shape index (κ3) is 4.25. The molecule has 9 heteroatoms. The Morgan fingerprint density at radius 3 is 2.50 bits per heavy atom. The van der Waals surface area contributed by atoms with Gasteiger partial charge in [-0.1, -0.05) is 13.3 Å². The Hall–Kier alpha value is -2.00. The molecule has 0 aliphatic heterocycles. The van der Waals surface area contributed by atoms with Crippen LogP contribution in [0.15, 0.2) is 23.1 Å². The number of ether oxygens (including phenoxy) is 1. The Bertz CT molecular complexity index is 673. The normalized spacial score (nSPS) is 12.7. The van der Waals surface area contributed by atoms with Gasteiger partial charge in [0, 0.05) is 0 Å². The van der Waals surface area contributed by atoms with Crippen molar-refractivity contribution in [3.05, 3.63) is 29.6 Å². The summed E-state index contributed by atoms with van der Waals surface area (Å²) < 4.78 is 44.2. The number of carboxylic acids is 1. The molecule has 0 bridgehead atoms. The third-order valence-corrected chi connectivity index (χ3v) is 4.30. The van der Waals surface area contributed by atoms with Crippen molar-refractivity contribution >= 4 is 22.0 Å². The van der Waals surface area contributed by atoms with Gasteiger partial charge >= 0.3 is 11.9 Å². The van der Waals surface area contributed by atoms with E-state index in [0.29, 0.717) is 12.5 Å². The number of carboxylic acid groups (broad SMARTS) is 1. The highest BCUT2D eigenvalue weighted by Crippen LogP contribution is 2.16. The number of hydrogen-bond donors (Lipinski definition) is 2.